The van der Waals surface area contributed by atoms with E-state index in [2.05, 4.69) is 37.0 Å². The summed E-state index contributed by atoms with van der Waals surface area (Å²) in [5.41, 5.74) is 1.55. The predicted molar refractivity (Wildman–Crippen MR) is 152 cm³/mol. The van der Waals surface area contributed by atoms with Crippen LogP contribution in [-0.4, -0.2) is 23.0 Å². The molecule has 0 amide bonds. The van der Waals surface area contributed by atoms with E-state index in [4.69, 9.17) is 26.1 Å². The number of hydrogen-bond donors (Lipinski definition) is 0. The van der Waals surface area contributed by atoms with Crippen LogP contribution in [0, 0.1) is 0 Å². The normalized spacial score (nSPS) is 11.9. The fraction of sp³-hybridized carbons (Fsp3) is 0.222. The van der Waals surface area contributed by atoms with E-state index in [1.54, 1.807) is 25.5 Å². The molecule has 0 unspecified atom stereocenters. The third-order valence-electron chi connectivity index (χ3n) is 5.38. The van der Waals surface area contributed by atoms with Gasteiger partial charge in [0.15, 0.2) is 11.5 Å². The van der Waals surface area contributed by atoms with Gasteiger partial charge in [0, 0.05) is 20.5 Å². The molecular weight excluding hydrogens is 610 g/mol. The standard InChI is InChI=1S/C27H24Br2ClN3O3/c1-27(2,3)26-32-22-10-9-18(28)13-19(22)25(34)33(26)31-14-16-11-20(29)24(23(12-16)35-4)36-15-17-7-5-6-8-21(17)30/h5-14H,15H2,1-4H3. The molecule has 36 heavy (non-hydrogen) atoms. The van der Waals surface area contributed by atoms with Crippen LogP contribution in [0.4, 0.5) is 0 Å². The fourth-order valence-electron chi connectivity index (χ4n) is 3.59. The largest absolute Gasteiger partial charge is 0.493 e. The van der Waals surface area contributed by atoms with Gasteiger partial charge in [0.25, 0.3) is 5.56 Å². The number of fused-ring (bicyclic) bond motifs is 1. The monoisotopic (exact) mass is 631 g/mol. The highest BCUT2D eigenvalue weighted by molar-refractivity contribution is 9.10. The second-order valence-electron chi connectivity index (χ2n) is 9.12. The van der Waals surface area contributed by atoms with Crippen LogP contribution in [0.1, 0.15) is 37.7 Å². The molecule has 0 N–H and O–H groups in total. The SMILES string of the molecule is COc1cc(C=Nn2c(C(C)(C)C)nc3ccc(Br)cc3c2=O)cc(Br)c1OCc1ccccc1Cl. The van der Waals surface area contributed by atoms with E-state index in [1.165, 1.54) is 4.68 Å². The maximum absolute atomic E-state index is 13.4. The van der Waals surface area contributed by atoms with Gasteiger partial charge >= 0.3 is 0 Å². The molecule has 0 aliphatic rings. The van der Waals surface area contributed by atoms with Crippen LogP contribution in [-0.2, 0) is 12.0 Å². The molecule has 1 aromatic heterocycles. The molecule has 4 rings (SSSR count). The highest BCUT2D eigenvalue weighted by atomic mass is 79.9. The summed E-state index contributed by atoms with van der Waals surface area (Å²) >= 11 is 13.3. The molecule has 9 heteroatoms. The van der Waals surface area contributed by atoms with Crippen molar-refractivity contribution in [3.63, 3.8) is 0 Å². The number of aromatic nitrogens is 2. The van der Waals surface area contributed by atoms with E-state index < -0.39 is 5.41 Å². The van der Waals surface area contributed by atoms with Crippen molar-refractivity contribution in [2.75, 3.05) is 7.11 Å². The Morgan fingerprint density at radius 1 is 1.11 bits per heavy atom. The van der Waals surface area contributed by atoms with Crippen molar-refractivity contribution in [1.29, 1.82) is 0 Å². The molecule has 0 atom stereocenters. The molecule has 3 aromatic carbocycles. The highest BCUT2D eigenvalue weighted by Gasteiger charge is 2.23. The lowest BCUT2D eigenvalue weighted by Gasteiger charge is -2.21. The zero-order chi connectivity index (χ0) is 26.0. The first-order valence-corrected chi connectivity index (χ1v) is 13.1. The predicted octanol–water partition coefficient (Wildman–Crippen LogP) is 7.34. The molecule has 186 valence electrons. The Hall–Kier alpha value is -2.68. The van der Waals surface area contributed by atoms with Crippen molar-refractivity contribution >= 4 is 60.6 Å². The number of benzene rings is 3. The molecule has 1 heterocycles. The maximum atomic E-state index is 13.4. The molecule has 6 nitrogen and oxygen atoms in total. The molecule has 0 aliphatic carbocycles. The first-order chi connectivity index (χ1) is 17.1. The van der Waals surface area contributed by atoms with E-state index in [0.717, 1.165) is 10.0 Å². The van der Waals surface area contributed by atoms with E-state index in [9.17, 15) is 4.79 Å². The fourth-order valence-corrected chi connectivity index (χ4v) is 4.71. The molecule has 0 saturated carbocycles. The number of rotatable bonds is 6. The van der Waals surface area contributed by atoms with Gasteiger partial charge in [-0.2, -0.15) is 9.78 Å². The number of methoxy groups -OCH3 is 1. The summed E-state index contributed by atoms with van der Waals surface area (Å²) in [6, 6.07) is 16.6. The van der Waals surface area contributed by atoms with Crippen LogP contribution in [0.15, 0.2) is 73.4 Å². The summed E-state index contributed by atoms with van der Waals surface area (Å²) in [5.74, 6) is 1.62. The lowest BCUT2D eigenvalue weighted by atomic mass is 9.95. The summed E-state index contributed by atoms with van der Waals surface area (Å²) < 4.78 is 14.4. The van der Waals surface area contributed by atoms with Gasteiger partial charge in [-0.15, -0.1) is 0 Å². The number of hydrogen-bond acceptors (Lipinski definition) is 5. The number of halogens is 3. The Morgan fingerprint density at radius 3 is 2.56 bits per heavy atom. The topological polar surface area (TPSA) is 65.7 Å². The van der Waals surface area contributed by atoms with Gasteiger partial charge < -0.3 is 9.47 Å². The van der Waals surface area contributed by atoms with Crippen molar-refractivity contribution in [2.24, 2.45) is 5.10 Å². The van der Waals surface area contributed by atoms with Crippen molar-refractivity contribution in [3.8, 4) is 11.5 Å². The van der Waals surface area contributed by atoms with Crippen molar-refractivity contribution in [1.82, 2.24) is 9.66 Å². The summed E-state index contributed by atoms with van der Waals surface area (Å²) in [6.07, 6.45) is 1.60. The Balaban J connectivity index is 1.72. The van der Waals surface area contributed by atoms with Gasteiger partial charge in [-0.1, -0.05) is 66.5 Å². The summed E-state index contributed by atoms with van der Waals surface area (Å²) in [6.45, 7) is 6.27. The van der Waals surface area contributed by atoms with Gasteiger partial charge in [0.05, 0.1) is 28.7 Å². The Bertz CT molecular complexity index is 1530. The molecule has 0 spiro atoms. The molecule has 0 radical (unpaired) electrons. The first-order valence-electron chi connectivity index (χ1n) is 11.1. The first kappa shape index (κ1) is 26.4. The van der Waals surface area contributed by atoms with Crippen molar-refractivity contribution in [2.45, 2.75) is 32.8 Å². The van der Waals surface area contributed by atoms with Crippen LogP contribution in [0.2, 0.25) is 5.02 Å². The average Bonchev–Trinajstić information content (AvgIpc) is 2.83. The van der Waals surface area contributed by atoms with Crippen LogP contribution in [0.25, 0.3) is 10.9 Å². The molecule has 0 saturated heterocycles. The number of ether oxygens (including phenoxy) is 2. The van der Waals surface area contributed by atoms with Gasteiger partial charge in [0.1, 0.15) is 12.4 Å². The molecule has 4 aromatic rings. The summed E-state index contributed by atoms with van der Waals surface area (Å²) in [4.78, 5) is 18.1. The van der Waals surface area contributed by atoms with Crippen LogP contribution in [0.3, 0.4) is 0 Å². The number of nitrogens with zero attached hydrogens (tertiary/aromatic N) is 3. The molecule has 0 fully saturated rings. The highest BCUT2D eigenvalue weighted by Crippen LogP contribution is 2.37. The summed E-state index contributed by atoms with van der Waals surface area (Å²) in [7, 11) is 1.57. The van der Waals surface area contributed by atoms with Crippen molar-refractivity contribution in [3.05, 3.63) is 95.9 Å². The van der Waals surface area contributed by atoms with Gasteiger partial charge in [-0.25, -0.2) is 4.98 Å². The Labute approximate surface area is 231 Å². The van der Waals surface area contributed by atoms with Crippen LogP contribution in [0.5, 0.6) is 11.5 Å². The van der Waals surface area contributed by atoms with Crippen molar-refractivity contribution < 1.29 is 9.47 Å². The second-order valence-corrected chi connectivity index (χ2v) is 11.3. The maximum Gasteiger partial charge on any atom is 0.282 e. The second kappa shape index (κ2) is 10.7. The Kier molecular flexibility index (Phi) is 7.87. The molecule has 0 aliphatic heterocycles. The minimum absolute atomic E-state index is 0.242. The van der Waals surface area contributed by atoms with Crippen LogP contribution >= 0.6 is 43.5 Å². The lowest BCUT2D eigenvalue weighted by Crippen LogP contribution is -2.29. The summed E-state index contributed by atoms with van der Waals surface area (Å²) in [5, 5.41) is 5.66. The third-order valence-corrected chi connectivity index (χ3v) is 6.83. The van der Waals surface area contributed by atoms with Gasteiger partial charge in [0.2, 0.25) is 0 Å². The lowest BCUT2D eigenvalue weighted by molar-refractivity contribution is 0.282. The van der Waals surface area contributed by atoms with Gasteiger partial charge in [-0.3, -0.25) is 4.79 Å². The van der Waals surface area contributed by atoms with E-state index in [1.807, 2.05) is 63.2 Å². The zero-order valence-electron chi connectivity index (χ0n) is 20.2. The van der Waals surface area contributed by atoms with E-state index in [-0.39, 0.29) is 12.2 Å². The van der Waals surface area contributed by atoms with E-state index >= 15 is 0 Å². The van der Waals surface area contributed by atoms with Gasteiger partial charge in [-0.05, 0) is 57.9 Å². The molecular formula is C27H24Br2ClN3O3. The smallest absolute Gasteiger partial charge is 0.282 e. The third kappa shape index (κ3) is 5.66. The average molecular weight is 634 g/mol. The minimum Gasteiger partial charge on any atom is -0.493 e. The minimum atomic E-state index is -0.410. The quantitative estimate of drug-likeness (QED) is 0.209. The molecule has 0 bridgehead atoms. The van der Waals surface area contributed by atoms with E-state index in [0.29, 0.717) is 43.3 Å². The zero-order valence-corrected chi connectivity index (χ0v) is 24.1. The van der Waals surface area contributed by atoms with Crippen LogP contribution < -0.4 is 15.0 Å². The Morgan fingerprint density at radius 2 is 1.86 bits per heavy atom.